The zero-order valence-corrected chi connectivity index (χ0v) is 12.4. The fraction of sp³-hybridized carbons (Fsp3) is 0.562. The summed E-state index contributed by atoms with van der Waals surface area (Å²) < 4.78 is 0. The lowest BCUT2D eigenvalue weighted by atomic mass is 9.85. The van der Waals surface area contributed by atoms with Gasteiger partial charge in [-0.1, -0.05) is 32.9 Å². The SMILES string of the molecule is CC(C)(C)[C@@H](O)C[C@@H](CO)NCc1ccc(C#N)cc1. The van der Waals surface area contributed by atoms with Crippen LogP contribution < -0.4 is 5.32 Å². The number of hydrogen-bond acceptors (Lipinski definition) is 4. The molecule has 0 aliphatic carbocycles. The number of hydrogen-bond donors (Lipinski definition) is 3. The van der Waals surface area contributed by atoms with Crippen LogP contribution in [0.25, 0.3) is 0 Å². The number of nitrogens with zero attached hydrogens (tertiary/aromatic N) is 1. The standard InChI is InChI=1S/C16H24N2O2/c1-16(2,3)15(20)8-14(11-19)18-10-13-6-4-12(9-17)5-7-13/h4-7,14-15,18-20H,8,10-11H2,1-3H3/t14-,15-/m0/s1. The van der Waals surface area contributed by atoms with Crippen LogP contribution >= 0.6 is 0 Å². The van der Waals surface area contributed by atoms with Crippen LogP contribution in [-0.2, 0) is 6.54 Å². The molecule has 2 atom stereocenters. The monoisotopic (exact) mass is 276 g/mol. The van der Waals surface area contributed by atoms with Crippen LogP contribution in [0.4, 0.5) is 0 Å². The van der Waals surface area contributed by atoms with E-state index in [1.54, 1.807) is 12.1 Å². The minimum Gasteiger partial charge on any atom is -0.395 e. The van der Waals surface area contributed by atoms with Gasteiger partial charge in [0.05, 0.1) is 24.3 Å². The quantitative estimate of drug-likeness (QED) is 0.740. The Labute approximate surface area is 121 Å². The predicted octanol–water partition coefficient (Wildman–Crippen LogP) is 1.81. The Morgan fingerprint density at radius 2 is 1.85 bits per heavy atom. The number of aliphatic hydroxyl groups excluding tert-OH is 2. The molecule has 0 aromatic heterocycles. The lowest BCUT2D eigenvalue weighted by Crippen LogP contribution is -2.39. The van der Waals surface area contributed by atoms with Crippen LogP contribution in [0.3, 0.4) is 0 Å². The molecule has 0 amide bonds. The number of rotatable bonds is 6. The summed E-state index contributed by atoms with van der Waals surface area (Å²) >= 11 is 0. The average Bonchev–Trinajstić information content (AvgIpc) is 2.42. The topological polar surface area (TPSA) is 76.3 Å². The first-order valence-corrected chi connectivity index (χ1v) is 6.88. The van der Waals surface area contributed by atoms with Crippen LogP contribution in [0.1, 0.15) is 38.3 Å². The molecule has 1 aromatic carbocycles. The average molecular weight is 276 g/mol. The highest BCUT2D eigenvalue weighted by Crippen LogP contribution is 2.22. The second kappa shape index (κ2) is 7.39. The van der Waals surface area contributed by atoms with E-state index in [1.807, 2.05) is 32.9 Å². The first-order chi connectivity index (χ1) is 9.36. The Hall–Kier alpha value is -1.41. The Kier molecular flexibility index (Phi) is 6.15. The first-order valence-electron chi connectivity index (χ1n) is 6.88. The molecule has 0 bridgehead atoms. The van der Waals surface area contributed by atoms with Crippen LogP contribution in [0.15, 0.2) is 24.3 Å². The van der Waals surface area contributed by atoms with Gasteiger partial charge in [0.2, 0.25) is 0 Å². The maximum absolute atomic E-state index is 10.1. The Morgan fingerprint density at radius 3 is 2.30 bits per heavy atom. The van der Waals surface area contributed by atoms with Gasteiger partial charge in [-0.05, 0) is 29.5 Å². The Morgan fingerprint density at radius 1 is 1.25 bits per heavy atom. The summed E-state index contributed by atoms with van der Waals surface area (Å²) in [5.74, 6) is 0. The van der Waals surface area contributed by atoms with Gasteiger partial charge < -0.3 is 15.5 Å². The second-order valence-electron chi connectivity index (χ2n) is 6.19. The van der Waals surface area contributed by atoms with Gasteiger partial charge in [0, 0.05) is 12.6 Å². The van der Waals surface area contributed by atoms with Gasteiger partial charge in [0.1, 0.15) is 0 Å². The summed E-state index contributed by atoms with van der Waals surface area (Å²) in [6.45, 7) is 6.53. The molecule has 0 saturated carbocycles. The van der Waals surface area contributed by atoms with Gasteiger partial charge in [0.15, 0.2) is 0 Å². The van der Waals surface area contributed by atoms with Crippen molar-refractivity contribution in [2.75, 3.05) is 6.61 Å². The minimum absolute atomic E-state index is 0.0105. The van der Waals surface area contributed by atoms with E-state index in [1.165, 1.54) is 0 Å². The maximum Gasteiger partial charge on any atom is 0.0991 e. The van der Waals surface area contributed by atoms with E-state index in [4.69, 9.17) is 5.26 Å². The summed E-state index contributed by atoms with van der Waals surface area (Å²) in [4.78, 5) is 0. The highest BCUT2D eigenvalue weighted by molar-refractivity contribution is 5.31. The lowest BCUT2D eigenvalue weighted by Gasteiger charge is -2.29. The van der Waals surface area contributed by atoms with Crippen molar-refractivity contribution in [1.29, 1.82) is 5.26 Å². The third-order valence-electron chi connectivity index (χ3n) is 3.41. The Bertz CT molecular complexity index is 443. The fourth-order valence-corrected chi connectivity index (χ4v) is 1.80. The van der Waals surface area contributed by atoms with Gasteiger partial charge in [-0.3, -0.25) is 0 Å². The van der Waals surface area contributed by atoms with Crippen LogP contribution in [0.2, 0.25) is 0 Å². The van der Waals surface area contributed by atoms with Crippen LogP contribution in [0, 0.1) is 16.7 Å². The normalized spacial score (nSPS) is 14.6. The largest absolute Gasteiger partial charge is 0.395 e. The molecule has 0 spiro atoms. The van der Waals surface area contributed by atoms with Crippen molar-refractivity contribution in [3.63, 3.8) is 0 Å². The summed E-state index contributed by atoms with van der Waals surface area (Å²) in [6, 6.07) is 9.26. The molecule has 0 aliphatic rings. The second-order valence-corrected chi connectivity index (χ2v) is 6.19. The molecule has 3 N–H and O–H groups in total. The molecule has 4 heteroatoms. The van der Waals surface area contributed by atoms with E-state index in [9.17, 15) is 10.2 Å². The van der Waals surface area contributed by atoms with Crippen molar-refractivity contribution in [2.24, 2.45) is 5.41 Å². The molecule has 0 aliphatic heterocycles. The van der Waals surface area contributed by atoms with Crippen molar-refractivity contribution in [3.8, 4) is 6.07 Å². The first kappa shape index (κ1) is 16.6. The van der Waals surface area contributed by atoms with E-state index in [0.29, 0.717) is 18.5 Å². The van der Waals surface area contributed by atoms with Crippen molar-refractivity contribution in [1.82, 2.24) is 5.32 Å². The molecular weight excluding hydrogens is 252 g/mol. The summed E-state index contributed by atoms with van der Waals surface area (Å²) in [5.41, 5.74) is 1.49. The van der Waals surface area contributed by atoms with Crippen molar-refractivity contribution < 1.29 is 10.2 Å². The predicted molar refractivity (Wildman–Crippen MR) is 78.9 cm³/mol. The van der Waals surface area contributed by atoms with Crippen molar-refractivity contribution in [3.05, 3.63) is 35.4 Å². The molecule has 0 unspecified atom stereocenters. The van der Waals surface area contributed by atoms with Gasteiger partial charge in [-0.2, -0.15) is 5.26 Å². The highest BCUT2D eigenvalue weighted by Gasteiger charge is 2.25. The third kappa shape index (κ3) is 5.30. The zero-order valence-electron chi connectivity index (χ0n) is 12.4. The summed E-state index contributed by atoms with van der Waals surface area (Å²) in [6.07, 6.45) is 0.0455. The fourth-order valence-electron chi connectivity index (χ4n) is 1.80. The maximum atomic E-state index is 10.1. The smallest absolute Gasteiger partial charge is 0.0991 e. The van der Waals surface area contributed by atoms with E-state index in [-0.39, 0.29) is 18.1 Å². The lowest BCUT2D eigenvalue weighted by molar-refractivity contribution is 0.0389. The molecular formula is C16H24N2O2. The van der Waals surface area contributed by atoms with Crippen LogP contribution in [0.5, 0.6) is 0 Å². The third-order valence-corrected chi connectivity index (χ3v) is 3.41. The molecule has 1 rings (SSSR count). The molecule has 110 valence electrons. The molecule has 0 fully saturated rings. The van der Waals surface area contributed by atoms with Gasteiger partial charge >= 0.3 is 0 Å². The molecule has 20 heavy (non-hydrogen) atoms. The van der Waals surface area contributed by atoms with E-state index in [0.717, 1.165) is 5.56 Å². The van der Waals surface area contributed by atoms with Crippen molar-refractivity contribution in [2.45, 2.75) is 45.9 Å². The van der Waals surface area contributed by atoms with E-state index >= 15 is 0 Å². The van der Waals surface area contributed by atoms with Crippen LogP contribution in [-0.4, -0.2) is 29.0 Å². The number of aliphatic hydroxyl groups is 2. The molecule has 4 nitrogen and oxygen atoms in total. The zero-order chi connectivity index (χ0) is 15.2. The van der Waals surface area contributed by atoms with Gasteiger partial charge in [-0.15, -0.1) is 0 Å². The summed E-state index contributed by atoms with van der Waals surface area (Å²) in [7, 11) is 0. The summed E-state index contributed by atoms with van der Waals surface area (Å²) in [5, 5.41) is 31.4. The molecule has 1 aromatic rings. The Balaban J connectivity index is 2.50. The van der Waals surface area contributed by atoms with E-state index < -0.39 is 6.10 Å². The minimum atomic E-state index is -0.465. The molecule has 0 saturated heterocycles. The highest BCUT2D eigenvalue weighted by atomic mass is 16.3. The van der Waals surface area contributed by atoms with Gasteiger partial charge in [0.25, 0.3) is 0 Å². The van der Waals surface area contributed by atoms with Crippen molar-refractivity contribution >= 4 is 0 Å². The van der Waals surface area contributed by atoms with Gasteiger partial charge in [-0.25, -0.2) is 0 Å². The van der Waals surface area contributed by atoms with E-state index in [2.05, 4.69) is 11.4 Å². The number of nitriles is 1. The number of benzene rings is 1. The molecule has 0 radical (unpaired) electrons. The number of nitrogens with one attached hydrogen (secondary N) is 1. The molecule has 0 heterocycles.